The van der Waals surface area contributed by atoms with Gasteiger partial charge < -0.3 is 15.4 Å². The van der Waals surface area contributed by atoms with Crippen LogP contribution in [0.25, 0.3) is 5.65 Å². The third-order valence-electron chi connectivity index (χ3n) is 4.74. The largest absolute Gasteiger partial charge is 0.495 e. The zero-order valence-corrected chi connectivity index (χ0v) is 18.5. The van der Waals surface area contributed by atoms with Gasteiger partial charge in [0.2, 0.25) is 0 Å². The fourth-order valence-corrected chi connectivity index (χ4v) is 4.10. The third kappa shape index (κ3) is 4.92. The summed E-state index contributed by atoms with van der Waals surface area (Å²) >= 11 is 1.50. The summed E-state index contributed by atoms with van der Waals surface area (Å²) in [5.74, 6) is 1.07. The van der Waals surface area contributed by atoms with Crippen molar-refractivity contribution in [1.29, 1.82) is 0 Å². The van der Waals surface area contributed by atoms with Crippen LogP contribution in [0.1, 0.15) is 11.3 Å². The van der Waals surface area contributed by atoms with Crippen LogP contribution in [0.3, 0.4) is 0 Å². The Bertz CT molecular complexity index is 1340. The highest BCUT2D eigenvalue weighted by molar-refractivity contribution is 7.98. The number of carbonyl (C=O) groups is 1. The number of ether oxygens (including phenoxy) is 1. The lowest BCUT2D eigenvalue weighted by Gasteiger charge is -2.13. The zero-order valence-electron chi connectivity index (χ0n) is 17.7. The molecule has 0 aliphatic carbocycles. The minimum absolute atomic E-state index is 0.117. The summed E-state index contributed by atoms with van der Waals surface area (Å²) in [6, 6.07) is 19.6. The lowest BCUT2D eigenvalue weighted by molar-refractivity contribution is 0.262. The number of rotatable bonds is 6. The molecule has 2 aromatic carbocycles. The first-order valence-corrected chi connectivity index (χ1v) is 10.9. The summed E-state index contributed by atoms with van der Waals surface area (Å²) < 4.78 is 6.80. The third-order valence-corrected chi connectivity index (χ3v) is 5.85. The van der Waals surface area contributed by atoms with E-state index in [0.717, 1.165) is 10.5 Å². The lowest BCUT2D eigenvalue weighted by Crippen LogP contribution is -2.20. The van der Waals surface area contributed by atoms with Gasteiger partial charge >= 0.3 is 6.03 Å². The molecule has 0 atom stereocenters. The monoisotopic (exact) mass is 446 g/mol. The van der Waals surface area contributed by atoms with Crippen molar-refractivity contribution in [2.75, 3.05) is 17.7 Å². The number of nitrogens with one attached hydrogen (secondary N) is 2. The Morgan fingerprint density at radius 1 is 1.03 bits per heavy atom. The number of aromatic nitrogens is 2. The smallest absolute Gasteiger partial charge is 0.323 e. The Kier molecular flexibility index (Phi) is 6.42. The number of anilines is 2. The first-order chi connectivity index (χ1) is 15.5. The Morgan fingerprint density at radius 2 is 1.75 bits per heavy atom. The van der Waals surface area contributed by atoms with Gasteiger partial charge in [-0.3, -0.25) is 9.20 Å². The number of urea groups is 1. The summed E-state index contributed by atoms with van der Waals surface area (Å²) in [7, 11) is 1.55. The quantitative estimate of drug-likeness (QED) is 0.410. The maximum absolute atomic E-state index is 12.6. The molecular weight excluding hydrogens is 424 g/mol. The summed E-state index contributed by atoms with van der Waals surface area (Å²) in [6.45, 7) is 1.96. The minimum Gasteiger partial charge on any atom is -0.495 e. The van der Waals surface area contributed by atoms with E-state index in [4.69, 9.17) is 4.74 Å². The van der Waals surface area contributed by atoms with E-state index in [1.54, 1.807) is 31.5 Å². The van der Waals surface area contributed by atoms with Gasteiger partial charge in [0.05, 0.1) is 24.2 Å². The van der Waals surface area contributed by atoms with Crippen LogP contribution in [0.5, 0.6) is 5.75 Å². The van der Waals surface area contributed by atoms with Gasteiger partial charge in [0, 0.05) is 22.9 Å². The maximum Gasteiger partial charge on any atom is 0.323 e. The van der Waals surface area contributed by atoms with Crippen molar-refractivity contribution in [3.05, 3.63) is 94.5 Å². The molecular formula is C24H22N4O3S. The average Bonchev–Trinajstić information content (AvgIpc) is 2.78. The van der Waals surface area contributed by atoms with Gasteiger partial charge in [-0.2, -0.15) is 0 Å². The van der Waals surface area contributed by atoms with Crippen LogP contribution in [-0.4, -0.2) is 22.5 Å². The number of hydrogen-bond acceptors (Lipinski definition) is 5. The molecule has 2 heterocycles. The van der Waals surface area contributed by atoms with Crippen molar-refractivity contribution in [3.8, 4) is 5.75 Å². The van der Waals surface area contributed by atoms with Gasteiger partial charge in [0.1, 0.15) is 11.4 Å². The number of para-hydroxylation sites is 3. The van der Waals surface area contributed by atoms with Crippen LogP contribution < -0.4 is 20.9 Å². The number of carbonyl (C=O) groups excluding carboxylic acids is 1. The van der Waals surface area contributed by atoms with E-state index in [1.807, 2.05) is 55.5 Å². The van der Waals surface area contributed by atoms with Crippen LogP contribution in [0.4, 0.5) is 16.2 Å². The Labute approximate surface area is 189 Å². The number of benzene rings is 2. The average molecular weight is 447 g/mol. The van der Waals surface area contributed by atoms with Gasteiger partial charge in [-0.15, -0.1) is 11.8 Å². The van der Waals surface area contributed by atoms with E-state index in [0.29, 0.717) is 34.2 Å². The second-order valence-electron chi connectivity index (χ2n) is 7.08. The summed E-state index contributed by atoms with van der Waals surface area (Å²) in [4.78, 5) is 30.4. The van der Waals surface area contributed by atoms with Gasteiger partial charge in [-0.25, -0.2) is 9.78 Å². The van der Waals surface area contributed by atoms with E-state index in [1.165, 1.54) is 16.2 Å². The molecule has 2 aromatic heterocycles. The highest BCUT2D eigenvalue weighted by Crippen LogP contribution is 2.30. The number of nitrogens with zero attached hydrogens (tertiary/aromatic N) is 2. The molecule has 162 valence electrons. The number of methoxy groups -OCH3 is 1. The number of amides is 2. The lowest BCUT2D eigenvalue weighted by atomic mass is 10.3. The maximum atomic E-state index is 12.6. The molecule has 32 heavy (non-hydrogen) atoms. The molecule has 0 spiro atoms. The summed E-state index contributed by atoms with van der Waals surface area (Å²) in [6.07, 6.45) is 1.73. The fraction of sp³-hybridized carbons (Fsp3) is 0.125. The molecule has 4 rings (SSSR count). The molecule has 0 bridgehead atoms. The van der Waals surface area contributed by atoms with Crippen LogP contribution in [-0.2, 0) is 5.75 Å². The molecule has 0 unspecified atom stereocenters. The van der Waals surface area contributed by atoms with Crippen molar-refractivity contribution < 1.29 is 9.53 Å². The van der Waals surface area contributed by atoms with Crippen LogP contribution in [0, 0.1) is 6.92 Å². The first-order valence-electron chi connectivity index (χ1n) is 9.95. The topological polar surface area (TPSA) is 84.7 Å². The van der Waals surface area contributed by atoms with Crippen molar-refractivity contribution in [2.45, 2.75) is 17.6 Å². The van der Waals surface area contributed by atoms with Crippen molar-refractivity contribution in [2.24, 2.45) is 0 Å². The molecule has 0 radical (unpaired) electrons. The molecule has 0 saturated heterocycles. The number of fused-ring (bicyclic) bond motifs is 1. The summed E-state index contributed by atoms with van der Waals surface area (Å²) in [5.41, 5.74) is 3.46. The van der Waals surface area contributed by atoms with E-state index in [9.17, 15) is 9.59 Å². The molecule has 8 heteroatoms. The molecule has 0 saturated carbocycles. The number of thioether (sulfide) groups is 1. The fourth-order valence-electron chi connectivity index (χ4n) is 3.20. The Balaban J connectivity index is 1.49. The standard InChI is InChI=1S/C24H22N4O3S/c1-16-11-12-28-22(13-16)25-17(14-23(28)29)15-32-21-10-6-4-8-19(21)27-24(30)26-18-7-3-5-9-20(18)31-2/h3-14H,15H2,1-2H3,(H2,26,27,30). The van der Waals surface area contributed by atoms with Crippen LogP contribution >= 0.6 is 11.8 Å². The van der Waals surface area contributed by atoms with Gasteiger partial charge in [-0.1, -0.05) is 24.3 Å². The van der Waals surface area contributed by atoms with E-state index >= 15 is 0 Å². The van der Waals surface area contributed by atoms with Crippen molar-refractivity contribution >= 4 is 34.8 Å². The second kappa shape index (κ2) is 9.57. The van der Waals surface area contributed by atoms with Gasteiger partial charge in [-0.05, 0) is 48.9 Å². The number of pyridine rings is 1. The predicted molar refractivity (Wildman–Crippen MR) is 128 cm³/mol. The molecule has 0 fully saturated rings. The van der Waals surface area contributed by atoms with Gasteiger partial charge in [0.25, 0.3) is 5.56 Å². The van der Waals surface area contributed by atoms with E-state index in [-0.39, 0.29) is 11.6 Å². The second-order valence-corrected chi connectivity index (χ2v) is 8.10. The van der Waals surface area contributed by atoms with E-state index < -0.39 is 0 Å². The Hall–Kier alpha value is -3.78. The molecule has 2 amide bonds. The SMILES string of the molecule is COc1ccccc1NC(=O)Nc1ccccc1SCc1cc(=O)n2ccc(C)cc2n1. The van der Waals surface area contributed by atoms with Gasteiger partial charge in [0.15, 0.2) is 0 Å². The minimum atomic E-state index is -0.375. The Morgan fingerprint density at radius 3 is 2.56 bits per heavy atom. The first kappa shape index (κ1) is 21.5. The molecule has 0 aliphatic rings. The normalized spacial score (nSPS) is 10.7. The van der Waals surface area contributed by atoms with Crippen LogP contribution in [0.2, 0.25) is 0 Å². The summed E-state index contributed by atoms with van der Waals surface area (Å²) in [5, 5.41) is 5.69. The molecule has 2 N–H and O–H groups in total. The molecule has 0 aliphatic heterocycles. The zero-order chi connectivity index (χ0) is 22.5. The highest BCUT2D eigenvalue weighted by Gasteiger charge is 2.11. The van der Waals surface area contributed by atoms with E-state index in [2.05, 4.69) is 15.6 Å². The highest BCUT2D eigenvalue weighted by atomic mass is 32.2. The van der Waals surface area contributed by atoms with Crippen LogP contribution in [0.15, 0.2) is 82.6 Å². The van der Waals surface area contributed by atoms with Crippen molar-refractivity contribution in [3.63, 3.8) is 0 Å². The number of hydrogen-bond donors (Lipinski definition) is 2. The molecule has 4 aromatic rings. The number of aryl methyl sites for hydroxylation is 1. The van der Waals surface area contributed by atoms with Crippen molar-refractivity contribution in [1.82, 2.24) is 9.38 Å². The predicted octanol–water partition coefficient (Wildman–Crippen LogP) is 4.95. The molecule has 7 nitrogen and oxygen atoms in total.